The predicted molar refractivity (Wildman–Crippen MR) is 98.3 cm³/mol. The summed E-state index contributed by atoms with van der Waals surface area (Å²) in [7, 11) is -0.867. The number of para-hydroxylation sites is 2. The fourth-order valence-electron chi connectivity index (χ4n) is 2.27. The second-order valence-electron chi connectivity index (χ2n) is 5.40. The molecule has 0 aliphatic heterocycles. The number of nitrogens with zero attached hydrogens (tertiary/aromatic N) is 3. The van der Waals surface area contributed by atoms with Crippen LogP contribution in [0.3, 0.4) is 0 Å². The summed E-state index contributed by atoms with van der Waals surface area (Å²) in [6.45, 7) is 4.21. The molecule has 0 aliphatic carbocycles. The van der Waals surface area contributed by atoms with E-state index in [0.717, 1.165) is 28.4 Å². The average Bonchev–Trinajstić information content (AvgIpc) is 2.62. The van der Waals surface area contributed by atoms with E-state index in [1.165, 1.54) is 6.33 Å². The Hall–Kier alpha value is -2.79. The van der Waals surface area contributed by atoms with E-state index in [1.807, 2.05) is 60.7 Å². The van der Waals surface area contributed by atoms with Crippen LogP contribution in [0.15, 0.2) is 78.2 Å². The Morgan fingerprint density at radius 3 is 2.42 bits per heavy atom. The highest BCUT2D eigenvalue weighted by Crippen LogP contribution is 2.29. The zero-order valence-corrected chi connectivity index (χ0v) is 14.7. The smallest absolute Gasteiger partial charge is 0.274 e. The van der Waals surface area contributed by atoms with Gasteiger partial charge in [-0.15, -0.1) is 0 Å². The quantitative estimate of drug-likeness (QED) is 0.517. The summed E-state index contributed by atoms with van der Waals surface area (Å²) in [6.07, 6.45) is 3.26. The van der Waals surface area contributed by atoms with E-state index in [-0.39, 0.29) is 0 Å². The SMILES string of the molecule is C[Si](C)Oc1ccccc1N=C(c1ccccc1)c1ccncn1. The van der Waals surface area contributed by atoms with E-state index >= 15 is 0 Å². The molecule has 0 atom stereocenters. The first-order valence-corrected chi connectivity index (χ1v) is 10.1. The lowest BCUT2D eigenvalue weighted by Crippen LogP contribution is -2.11. The molecule has 2 aromatic carbocycles. The lowest BCUT2D eigenvalue weighted by atomic mass is 10.1. The molecule has 4 nitrogen and oxygen atoms in total. The second-order valence-corrected chi connectivity index (χ2v) is 7.42. The van der Waals surface area contributed by atoms with Gasteiger partial charge < -0.3 is 4.43 Å². The molecule has 0 aliphatic rings. The fraction of sp³-hybridized carbons (Fsp3) is 0.105. The summed E-state index contributed by atoms with van der Waals surface area (Å²) in [5.74, 6) is 0.805. The molecule has 1 radical (unpaired) electrons. The molecule has 5 heteroatoms. The van der Waals surface area contributed by atoms with Gasteiger partial charge in [0, 0.05) is 11.8 Å². The predicted octanol–water partition coefficient (Wildman–Crippen LogP) is 4.28. The molecule has 3 rings (SSSR count). The van der Waals surface area contributed by atoms with Gasteiger partial charge in [-0.2, -0.15) is 0 Å². The highest BCUT2D eigenvalue weighted by atomic mass is 28.3. The number of aromatic nitrogens is 2. The first kappa shape index (κ1) is 16.1. The molecule has 1 aromatic heterocycles. The fourth-order valence-corrected chi connectivity index (χ4v) is 2.89. The van der Waals surface area contributed by atoms with E-state index in [4.69, 9.17) is 9.42 Å². The minimum atomic E-state index is -0.867. The van der Waals surface area contributed by atoms with Crippen LogP contribution in [0.2, 0.25) is 13.1 Å². The van der Waals surface area contributed by atoms with Gasteiger partial charge in [-0.1, -0.05) is 42.5 Å². The van der Waals surface area contributed by atoms with Gasteiger partial charge in [-0.25, -0.2) is 15.0 Å². The molecule has 0 saturated heterocycles. The zero-order chi connectivity index (χ0) is 16.8. The molecule has 0 bridgehead atoms. The van der Waals surface area contributed by atoms with Crippen molar-refractivity contribution in [2.24, 2.45) is 4.99 Å². The molecule has 0 N–H and O–H groups in total. The Bertz CT molecular complexity index is 779. The van der Waals surface area contributed by atoms with Crippen molar-refractivity contribution in [2.45, 2.75) is 13.1 Å². The first-order valence-electron chi connectivity index (χ1n) is 7.71. The van der Waals surface area contributed by atoms with E-state index in [0.29, 0.717) is 0 Å². The van der Waals surface area contributed by atoms with Gasteiger partial charge in [0.15, 0.2) is 0 Å². The normalized spacial score (nSPS) is 11.5. The van der Waals surface area contributed by atoms with Crippen LogP contribution in [0.5, 0.6) is 5.75 Å². The molecular formula is C19H18N3OSi. The number of aliphatic imine (C=N–C) groups is 1. The Morgan fingerprint density at radius 2 is 1.71 bits per heavy atom. The van der Waals surface area contributed by atoms with Gasteiger partial charge in [-0.05, 0) is 31.3 Å². The first-order chi connectivity index (χ1) is 11.7. The van der Waals surface area contributed by atoms with Gasteiger partial charge in [0.2, 0.25) is 0 Å². The van der Waals surface area contributed by atoms with Crippen molar-refractivity contribution in [3.8, 4) is 5.75 Å². The van der Waals surface area contributed by atoms with Crippen LogP contribution >= 0.6 is 0 Å². The van der Waals surface area contributed by atoms with Crippen LogP contribution in [-0.2, 0) is 0 Å². The van der Waals surface area contributed by atoms with Crippen LogP contribution in [0, 0.1) is 0 Å². The van der Waals surface area contributed by atoms with Crippen molar-refractivity contribution in [2.75, 3.05) is 0 Å². The van der Waals surface area contributed by atoms with Gasteiger partial charge in [-0.3, -0.25) is 0 Å². The monoisotopic (exact) mass is 332 g/mol. The second kappa shape index (κ2) is 7.65. The molecule has 119 valence electrons. The molecule has 0 unspecified atom stereocenters. The average molecular weight is 332 g/mol. The highest BCUT2D eigenvalue weighted by Gasteiger charge is 2.11. The van der Waals surface area contributed by atoms with E-state index < -0.39 is 9.04 Å². The Kier molecular flexibility index (Phi) is 5.13. The third kappa shape index (κ3) is 3.94. The van der Waals surface area contributed by atoms with Crippen molar-refractivity contribution in [1.29, 1.82) is 0 Å². The van der Waals surface area contributed by atoms with Crippen molar-refractivity contribution in [1.82, 2.24) is 9.97 Å². The minimum absolute atomic E-state index is 0.782. The summed E-state index contributed by atoms with van der Waals surface area (Å²) in [5, 5.41) is 0. The Balaban J connectivity index is 2.12. The van der Waals surface area contributed by atoms with Crippen LogP contribution in [0.4, 0.5) is 5.69 Å². The molecule has 0 saturated carbocycles. The Labute approximate surface area is 143 Å². The highest BCUT2D eigenvalue weighted by molar-refractivity contribution is 6.49. The summed E-state index contributed by atoms with van der Waals surface area (Å²) < 4.78 is 5.98. The lowest BCUT2D eigenvalue weighted by molar-refractivity contribution is 0.582. The standard InChI is InChI=1S/C19H18N3OSi/c1-24(2)23-18-11-7-6-10-16(18)22-19(15-8-4-3-5-9-15)17-12-13-20-14-21-17/h3-14H,1-2H3. The molecule has 0 spiro atoms. The number of hydrogen-bond donors (Lipinski definition) is 0. The van der Waals surface area contributed by atoms with Gasteiger partial charge in [0.25, 0.3) is 9.04 Å². The summed E-state index contributed by atoms with van der Waals surface area (Å²) >= 11 is 0. The number of hydrogen-bond acceptors (Lipinski definition) is 4. The van der Waals surface area contributed by atoms with E-state index in [1.54, 1.807) is 6.20 Å². The molecule has 0 amide bonds. The van der Waals surface area contributed by atoms with Crippen LogP contribution in [0.1, 0.15) is 11.3 Å². The van der Waals surface area contributed by atoms with E-state index in [9.17, 15) is 0 Å². The van der Waals surface area contributed by atoms with Crippen molar-refractivity contribution in [3.05, 3.63) is 84.4 Å². The Morgan fingerprint density at radius 1 is 0.958 bits per heavy atom. The maximum Gasteiger partial charge on any atom is 0.274 e. The lowest BCUT2D eigenvalue weighted by Gasteiger charge is -2.12. The summed E-state index contributed by atoms with van der Waals surface area (Å²) in [5.41, 5.74) is 3.39. The van der Waals surface area contributed by atoms with Gasteiger partial charge in [0.05, 0.1) is 11.4 Å². The molecule has 1 heterocycles. The molecular weight excluding hydrogens is 314 g/mol. The third-order valence-electron chi connectivity index (χ3n) is 3.28. The van der Waals surface area contributed by atoms with Gasteiger partial charge in [0.1, 0.15) is 17.8 Å². The topological polar surface area (TPSA) is 47.4 Å². The van der Waals surface area contributed by atoms with E-state index in [2.05, 4.69) is 23.1 Å². The molecule has 24 heavy (non-hydrogen) atoms. The zero-order valence-electron chi connectivity index (χ0n) is 13.7. The largest absolute Gasteiger partial charge is 0.541 e. The van der Waals surface area contributed by atoms with Crippen molar-refractivity contribution >= 4 is 20.4 Å². The van der Waals surface area contributed by atoms with Crippen LogP contribution < -0.4 is 4.43 Å². The van der Waals surface area contributed by atoms with Crippen molar-refractivity contribution < 1.29 is 4.43 Å². The summed E-state index contributed by atoms with van der Waals surface area (Å²) in [4.78, 5) is 13.2. The maximum atomic E-state index is 5.98. The minimum Gasteiger partial charge on any atom is -0.541 e. The molecule has 0 fully saturated rings. The third-order valence-corrected chi connectivity index (χ3v) is 3.91. The van der Waals surface area contributed by atoms with Gasteiger partial charge >= 0.3 is 0 Å². The molecule has 3 aromatic rings. The van der Waals surface area contributed by atoms with Crippen LogP contribution in [0.25, 0.3) is 0 Å². The maximum absolute atomic E-state index is 5.98. The van der Waals surface area contributed by atoms with Crippen LogP contribution in [-0.4, -0.2) is 24.7 Å². The summed E-state index contributed by atoms with van der Waals surface area (Å²) in [6, 6.07) is 19.7. The number of benzene rings is 2. The van der Waals surface area contributed by atoms with Crippen molar-refractivity contribution in [3.63, 3.8) is 0 Å². The number of rotatable bonds is 5.